The number of rotatable bonds is 5. The van der Waals surface area contributed by atoms with Crippen LogP contribution in [0, 0.1) is 35.4 Å². The molecule has 2 aromatic rings. The predicted molar refractivity (Wildman–Crippen MR) is 134 cm³/mol. The van der Waals surface area contributed by atoms with E-state index in [1.54, 1.807) is 19.2 Å². The van der Waals surface area contributed by atoms with Gasteiger partial charge in [-0.1, -0.05) is 24.3 Å². The summed E-state index contributed by atoms with van der Waals surface area (Å²) >= 11 is 0. The number of benzene rings is 1. The monoisotopic (exact) mass is 492 g/mol. The molecule has 3 aliphatic rings. The van der Waals surface area contributed by atoms with E-state index in [9.17, 15) is 14.0 Å². The number of hydrogen-bond donors (Lipinski definition) is 1. The molecule has 2 heterocycles. The van der Waals surface area contributed by atoms with Gasteiger partial charge in [-0.3, -0.25) is 9.78 Å². The maximum absolute atomic E-state index is 13.6. The average molecular weight is 493 g/mol. The zero-order valence-corrected chi connectivity index (χ0v) is 20.7. The van der Waals surface area contributed by atoms with Crippen LogP contribution in [0.4, 0.5) is 9.18 Å². The number of allylic oxidation sites excluding steroid dienone is 1. The third kappa shape index (κ3) is 5.01. The second-order valence-electron chi connectivity index (χ2n) is 10.3. The number of ether oxygens (including phenoxy) is 2. The summed E-state index contributed by atoms with van der Waals surface area (Å²) in [6, 6.07) is 10.4. The molecule has 6 nitrogen and oxygen atoms in total. The molecule has 0 bridgehead atoms. The topological polar surface area (TPSA) is 77.5 Å². The maximum atomic E-state index is 13.6. The van der Waals surface area contributed by atoms with Crippen LogP contribution in [0.15, 0.2) is 48.7 Å². The van der Waals surface area contributed by atoms with Gasteiger partial charge in [0.2, 0.25) is 0 Å². The van der Waals surface area contributed by atoms with Crippen molar-refractivity contribution in [1.82, 2.24) is 10.3 Å². The van der Waals surface area contributed by atoms with Crippen LogP contribution in [0.2, 0.25) is 0 Å². The fourth-order valence-electron chi connectivity index (χ4n) is 6.64. The van der Waals surface area contributed by atoms with E-state index in [0.717, 1.165) is 42.5 Å². The summed E-state index contributed by atoms with van der Waals surface area (Å²) in [5.74, 6) is 0.629. The fraction of sp³-hybridized carbons (Fsp3) is 0.483. The van der Waals surface area contributed by atoms with Crippen molar-refractivity contribution < 1.29 is 23.5 Å². The smallest absolute Gasteiger partial charge is 0.407 e. The van der Waals surface area contributed by atoms with Gasteiger partial charge in [0.1, 0.15) is 11.9 Å². The van der Waals surface area contributed by atoms with Gasteiger partial charge < -0.3 is 14.8 Å². The van der Waals surface area contributed by atoms with E-state index in [-0.39, 0.29) is 47.8 Å². The number of aromatic nitrogens is 1. The molecule has 36 heavy (non-hydrogen) atoms. The normalized spacial score (nSPS) is 31.4. The molecule has 1 aliphatic heterocycles. The number of fused-ring (bicyclic) bond motifs is 2. The first-order valence-corrected chi connectivity index (χ1v) is 13.0. The fourth-order valence-corrected chi connectivity index (χ4v) is 6.64. The lowest BCUT2D eigenvalue weighted by Crippen LogP contribution is -2.48. The van der Waals surface area contributed by atoms with E-state index in [0.29, 0.717) is 18.4 Å². The first-order valence-electron chi connectivity index (χ1n) is 13.0. The Kier molecular flexibility index (Phi) is 7.08. The van der Waals surface area contributed by atoms with Crippen molar-refractivity contribution in [2.24, 2.45) is 29.6 Å². The summed E-state index contributed by atoms with van der Waals surface area (Å²) in [5.41, 5.74) is 2.48. The molecule has 190 valence electrons. The van der Waals surface area contributed by atoms with Crippen LogP contribution in [0.3, 0.4) is 0 Å². The highest BCUT2D eigenvalue weighted by atomic mass is 19.1. The predicted octanol–water partition coefficient (Wildman–Crippen LogP) is 5.63. The molecule has 7 atom stereocenters. The van der Waals surface area contributed by atoms with Crippen LogP contribution >= 0.6 is 0 Å². The highest BCUT2D eigenvalue weighted by Crippen LogP contribution is 2.53. The van der Waals surface area contributed by atoms with Crippen molar-refractivity contribution in [2.45, 2.75) is 51.7 Å². The van der Waals surface area contributed by atoms with Gasteiger partial charge in [-0.15, -0.1) is 0 Å². The van der Waals surface area contributed by atoms with Crippen LogP contribution in [0.25, 0.3) is 17.2 Å². The zero-order valence-electron chi connectivity index (χ0n) is 20.7. The van der Waals surface area contributed by atoms with Gasteiger partial charge >= 0.3 is 12.1 Å². The van der Waals surface area contributed by atoms with E-state index in [1.807, 2.05) is 31.2 Å². The van der Waals surface area contributed by atoms with E-state index in [1.165, 1.54) is 12.1 Å². The first kappa shape index (κ1) is 24.5. The number of carbonyl (C=O) groups is 2. The number of amides is 1. The van der Waals surface area contributed by atoms with Gasteiger partial charge in [-0.25, -0.2) is 9.18 Å². The van der Waals surface area contributed by atoms with Crippen LogP contribution in [-0.4, -0.2) is 35.8 Å². The number of hydrogen-bond acceptors (Lipinski definition) is 5. The molecule has 7 heteroatoms. The Bertz CT molecular complexity index is 1130. The molecule has 0 unspecified atom stereocenters. The number of esters is 1. The molecule has 5 rings (SSSR count). The van der Waals surface area contributed by atoms with Crippen LogP contribution in [-0.2, 0) is 14.3 Å². The van der Waals surface area contributed by atoms with Crippen LogP contribution in [0.5, 0.6) is 0 Å². The Morgan fingerprint density at radius 2 is 2.08 bits per heavy atom. The van der Waals surface area contributed by atoms with Crippen molar-refractivity contribution in [1.29, 1.82) is 0 Å². The number of halogens is 1. The van der Waals surface area contributed by atoms with E-state index in [4.69, 9.17) is 9.47 Å². The van der Waals surface area contributed by atoms with Crippen LogP contribution in [0.1, 0.15) is 45.2 Å². The Balaban J connectivity index is 1.34. The molecule has 1 aromatic carbocycles. The van der Waals surface area contributed by atoms with Gasteiger partial charge in [0, 0.05) is 23.7 Å². The van der Waals surface area contributed by atoms with E-state index >= 15 is 0 Å². The highest BCUT2D eigenvalue weighted by molar-refractivity contribution is 5.75. The quantitative estimate of drug-likeness (QED) is 0.548. The van der Waals surface area contributed by atoms with E-state index in [2.05, 4.69) is 16.4 Å². The molecule has 2 saturated carbocycles. The molecule has 0 radical (unpaired) electrons. The van der Waals surface area contributed by atoms with E-state index < -0.39 is 0 Å². The third-order valence-corrected chi connectivity index (χ3v) is 8.18. The molecular formula is C29H33FN2O4. The molecule has 1 saturated heterocycles. The van der Waals surface area contributed by atoms with Gasteiger partial charge in [0.15, 0.2) is 0 Å². The van der Waals surface area contributed by atoms with Gasteiger partial charge in [-0.2, -0.15) is 0 Å². The molecule has 2 aliphatic carbocycles. The Morgan fingerprint density at radius 1 is 1.22 bits per heavy atom. The lowest BCUT2D eigenvalue weighted by molar-refractivity contribution is -0.144. The minimum absolute atomic E-state index is 0.0679. The standard InChI is InChI=1S/C29H33FN2O4/c1-3-35-29(34)32-23-10-11-24-20(14-23)15-26-27(17(2)36-28(26)33)25(24)12-9-22-8-7-19(16-31-22)18-5-4-6-21(30)13-18/h4-9,12-13,16-17,20,23-27H,3,10-11,14-15H2,1-2H3,(H,32,34)/t17-,20+,23-,24+,25-,26-,27+/m1/s1. The summed E-state index contributed by atoms with van der Waals surface area (Å²) in [6.45, 7) is 4.15. The number of carbonyl (C=O) groups excluding carboxylic acids is 2. The molecule has 3 fully saturated rings. The minimum atomic E-state index is -0.368. The summed E-state index contributed by atoms with van der Waals surface area (Å²) in [5, 5.41) is 3.00. The van der Waals surface area contributed by atoms with Crippen molar-refractivity contribution in [3.63, 3.8) is 0 Å². The molecular weight excluding hydrogens is 459 g/mol. The second kappa shape index (κ2) is 10.4. The highest BCUT2D eigenvalue weighted by Gasteiger charge is 2.54. The van der Waals surface area contributed by atoms with Gasteiger partial charge in [-0.05, 0) is 87.1 Å². The first-order chi connectivity index (χ1) is 17.4. The number of pyridine rings is 1. The van der Waals surface area contributed by atoms with Crippen molar-refractivity contribution >= 4 is 18.1 Å². The number of alkyl carbamates (subject to hydrolysis) is 1. The molecule has 1 aromatic heterocycles. The minimum Gasteiger partial charge on any atom is -0.462 e. The lowest BCUT2D eigenvalue weighted by atomic mass is 9.57. The van der Waals surface area contributed by atoms with Crippen molar-refractivity contribution in [3.05, 3.63) is 60.2 Å². The average Bonchev–Trinajstić information content (AvgIpc) is 3.15. The number of cyclic esters (lactones) is 1. The number of nitrogens with one attached hydrogen (secondary N) is 1. The largest absolute Gasteiger partial charge is 0.462 e. The van der Waals surface area contributed by atoms with Crippen molar-refractivity contribution in [2.75, 3.05) is 6.61 Å². The third-order valence-electron chi connectivity index (χ3n) is 8.18. The Morgan fingerprint density at radius 3 is 2.83 bits per heavy atom. The molecule has 1 N–H and O–H groups in total. The zero-order chi connectivity index (χ0) is 25.2. The number of nitrogens with zero attached hydrogens (tertiary/aromatic N) is 1. The lowest BCUT2D eigenvalue weighted by Gasteiger charge is -2.47. The second-order valence-corrected chi connectivity index (χ2v) is 10.3. The summed E-state index contributed by atoms with van der Waals surface area (Å²) < 4.78 is 24.3. The maximum Gasteiger partial charge on any atom is 0.407 e. The van der Waals surface area contributed by atoms with Crippen LogP contribution < -0.4 is 5.32 Å². The van der Waals surface area contributed by atoms with Gasteiger partial charge in [0.25, 0.3) is 0 Å². The Hall–Kier alpha value is -3.22. The van der Waals surface area contributed by atoms with Crippen molar-refractivity contribution in [3.8, 4) is 11.1 Å². The Labute approximate surface area is 211 Å². The summed E-state index contributed by atoms with van der Waals surface area (Å²) in [7, 11) is 0. The molecule has 1 amide bonds. The summed E-state index contributed by atoms with van der Waals surface area (Å²) in [6.07, 6.45) is 9.07. The SMILES string of the molecule is CCOC(=O)N[C@@H]1CC[C@H]2[C@@H](C1)C[C@H]1C(=O)O[C@H](C)[C@H]1[C@@H]2C=Cc1ccc(-c2cccc(F)c2)cn1. The summed E-state index contributed by atoms with van der Waals surface area (Å²) in [4.78, 5) is 29.2. The molecule has 0 spiro atoms. The van der Waals surface area contributed by atoms with Gasteiger partial charge in [0.05, 0.1) is 18.2 Å².